The number of fused-ring (bicyclic) bond motifs is 3. The molecule has 1 fully saturated rings. The SMILES string of the molecule is CC(C)(C)OC(=O)N1CCCC1C(=O)N1CCc2[nH]c3c(Cl)c(Cl)cc(-c4ccc(N)nc4)c3c2C1. The first kappa shape index (κ1) is 24.7. The summed E-state index contributed by atoms with van der Waals surface area (Å²) in [6, 6.07) is 4.94. The summed E-state index contributed by atoms with van der Waals surface area (Å²) >= 11 is 13.1. The lowest BCUT2D eigenvalue weighted by Crippen LogP contribution is -2.50. The fourth-order valence-corrected chi connectivity index (χ4v) is 5.49. The Hall–Kier alpha value is -2.97. The molecule has 4 heterocycles. The van der Waals surface area contributed by atoms with E-state index < -0.39 is 17.7 Å². The molecule has 3 aromatic rings. The Bertz CT molecular complexity index is 1350. The van der Waals surface area contributed by atoms with Gasteiger partial charge in [0.15, 0.2) is 0 Å². The van der Waals surface area contributed by atoms with Gasteiger partial charge in [-0.05, 0) is 57.4 Å². The first-order valence-electron chi connectivity index (χ1n) is 12.0. The van der Waals surface area contributed by atoms with E-state index in [1.165, 1.54) is 0 Å². The summed E-state index contributed by atoms with van der Waals surface area (Å²) in [5, 5.41) is 1.79. The zero-order chi connectivity index (χ0) is 25.8. The normalized spacial score (nSPS) is 18.0. The van der Waals surface area contributed by atoms with Gasteiger partial charge in [-0.2, -0.15) is 0 Å². The van der Waals surface area contributed by atoms with Gasteiger partial charge in [-0.25, -0.2) is 9.78 Å². The van der Waals surface area contributed by atoms with Gasteiger partial charge in [0.2, 0.25) is 5.91 Å². The largest absolute Gasteiger partial charge is 0.444 e. The number of carbonyl (C=O) groups is 2. The summed E-state index contributed by atoms with van der Waals surface area (Å²) in [5.74, 6) is 0.364. The molecule has 1 unspecified atom stereocenters. The van der Waals surface area contributed by atoms with E-state index in [1.807, 2.05) is 37.8 Å². The summed E-state index contributed by atoms with van der Waals surface area (Å²) in [5.41, 5.74) is 9.66. The number of hydrogen-bond donors (Lipinski definition) is 2. The molecule has 190 valence electrons. The maximum atomic E-state index is 13.7. The fourth-order valence-electron chi connectivity index (χ4n) is 5.09. The van der Waals surface area contributed by atoms with Crippen LogP contribution in [0.25, 0.3) is 22.0 Å². The van der Waals surface area contributed by atoms with Gasteiger partial charge in [0.25, 0.3) is 0 Å². The third kappa shape index (κ3) is 4.48. The lowest BCUT2D eigenvalue weighted by Gasteiger charge is -2.33. The van der Waals surface area contributed by atoms with E-state index in [9.17, 15) is 9.59 Å². The van der Waals surface area contributed by atoms with Crippen molar-refractivity contribution in [3.05, 3.63) is 45.7 Å². The molecule has 0 aliphatic carbocycles. The Balaban J connectivity index is 1.49. The van der Waals surface area contributed by atoms with Crippen molar-refractivity contribution in [3.8, 4) is 11.1 Å². The number of nitrogens with one attached hydrogen (secondary N) is 1. The Morgan fingerprint density at radius 3 is 2.69 bits per heavy atom. The molecule has 1 saturated heterocycles. The van der Waals surface area contributed by atoms with Crippen LogP contribution in [0.15, 0.2) is 24.4 Å². The van der Waals surface area contributed by atoms with Gasteiger partial charge < -0.3 is 20.4 Å². The monoisotopic (exact) mass is 529 g/mol. The molecule has 1 aromatic carbocycles. The molecule has 2 aromatic heterocycles. The second-order valence-corrected chi connectivity index (χ2v) is 11.2. The number of halogens is 2. The molecule has 0 saturated carbocycles. The topological polar surface area (TPSA) is 105 Å². The number of nitrogen functional groups attached to an aromatic ring is 1. The van der Waals surface area contributed by atoms with Gasteiger partial charge in [-0.3, -0.25) is 9.69 Å². The van der Waals surface area contributed by atoms with Crippen molar-refractivity contribution >= 4 is 51.9 Å². The number of H-pyrrole nitrogens is 1. The Morgan fingerprint density at radius 2 is 2.00 bits per heavy atom. The van der Waals surface area contributed by atoms with Crippen LogP contribution in [-0.4, -0.2) is 56.5 Å². The predicted octanol–water partition coefficient (Wildman–Crippen LogP) is 5.40. The Kier molecular flexibility index (Phi) is 6.29. The van der Waals surface area contributed by atoms with Crippen molar-refractivity contribution < 1.29 is 14.3 Å². The summed E-state index contributed by atoms with van der Waals surface area (Å²) in [6.07, 6.45) is 3.30. The van der Waals surface area contributed by atoms with E-state index in [-0.39, 0.29) is 5.91 Å². The molecule has 2 aliphatic heterocycles. The average molecular weight is 530 g/mol. The second kappa shape index (κ2) is 9.16. The Labute approximate surface area is 219 Å². The molecule has 5 rings (SSSR count). The number of aromatic nitrogens is 2. The number of anilines is 1. The smallest absolute Gasteiger partial charge is 0.410 e. The molecule has 0 spiro atoms. The van der Waals surface area contributed by atoms with Crippen LogP contribution in [0.2, 0.25) is 10.0 Å². The third-order valence-electron chi connectivity index (χ3n) is 6.72. The number of nitrogens with two attached hydrogens (primary N) is 1. The minimum Gasteiger partial charge on any atom is -0.444 e. The molecular weight excluding hydrogens is 501 g/mol. The van der Waals surface area contributed by atoms with Crippen molar-refractivity contribution in [1.29, 1.82) is 0 Å². The standard InChI is InChI=1S/C26H29Cl2N5O3/c1-26(2,3)36-25(35)33-9-4-5-19(33)24(34)32-10-8-18-16(13-32)21-15(14-6-7-20(29)30-12-14)11-17(27)22(28)23(21)31-18/h6-7,11-12,19,31H,4-5,8-10,13H2,1-3H3,(H2,29,30). The Morgan fingerprint density at radius 1 is 1.22 bits per heavy atom. The highest BCUT2D eigenvalue weighted by atomic mass is 35.5. The maximum Gasteiger partial charge on any atom is 0.410 e. The molecule has 2 amide bonds. The number of pyridine rings is 1. The molecule has 2 aliphatic rings. The zero-order valence-corrected chi connectivity index (χ0v) is 22.0. The first-order chi connectivity index (χ1) is 17.0. The van der Waals surface area contributed by atoms with Crippen molar-refractivity contribution in [2.45, 2.75) is 58.2 Å². The van der Waals surface area contributed by atoms with Crippen molar-refractivity contribution in [1.82, 2.24) is 19.8 Å². The summed E-state index contributed by atoms with van der Waals surface area (Å²) in [7, 11) is 0. The van der Waals surface area contributed by atoms with Crippen LogP contribution < -0.4 is 5.73 Å². The molecule has 1 atom stereocenters. The molecule has 3 N–H and O–H groups in total. The number of rotatable bonds is 2. The van der Waals surface area contributed by atoms with Gasteiger partial charge >= 0.3 is 6.09 Å². The van der Waals surface area contributed by atoms with Gasteiger partial charge in [0.05, 0.1) is 15.6 Å². The van der Waals surface area contributed by atoms with E-state index in [0.717, 1.165) is 39.7 Å². The van der Waals surface area contributed by atoms with Crippen LogP contribution in [-0.2, 0) is 22.5 Å². The molecule has 0 bridgehead atoms. The van der Waals surface area contributed by atoms with Crippen molar-refractivity contribution in [3.63, 3.8) is 0 Å². The van der Waals surface area contributed by atoms with E-state index in [2.05, 4.69) is 9.97 Å². The summed E-state index contributed by atoms with van der Waals surface area (Å²) in [6.45, 7) is 6.94. The average Bonchev–Trinajstić information content (AvgIpc) is 3.46. The van der Waals surface area contributed by atoms with E-state index in [1.54, 1.807) is 17.2 Å². The van der Waals surface area contributed by atoms with Crippen LogP contribution in [0.1, 0.15) is 44.9 Å². The van der Waals surface area contributed by atoms with Crippen LogP contribution in [0.3, 0.4) is 0 Å². The van der Waals surface area contributed by atoms with Crippen molar-refractivity contribution in [2.75, 3.05) is 18.8 Å². The van der Waals surface area contributed by atoms with Gasteiger partial charge in [0.1, 0.15) is 17.5 Å². The highest BCUT2D eigenvalue weighted by Gasteiger charge is 2.40. The minimum atomic E-state index is -0.620. The number of aromatic amines is 1. The quantitative estimate of drug-likeness (QED) is 0.462. The van der Waals surface area contributed by atoms with Gasteiger partial charge in [-0.15, -0.1) is 0 Å². The number of benzene rings is 1. The number of carbonyl (C=O) groups excluding carboxylic acids is 2. The lowest BCUT2D eigenvalue weighted by molar-refractivity contribution is -0.136. The maximum absolute atomic E-state index is 13.7. The summed E-state index contributed by atoms with van der Waals surface area (Å²) in [4.78, 5) is 37.5. The minimum absolute atomic E-state index is 0.0610. The number of ether oxygens (including phenoxy) is 1. The summed E-state index contributed by atoms with van der Waals surface area (Å²) < 4.78 is 5.56. The molecule has 0 radical (unpaired) electrons. The van der Waals surface area contributed by atoms with Crippen LogP contribution >= 0.6 is 23.2 Å². The number of hydrogen-bond acceptors (Lipinski definition) is 5. The highest BCUT2D eigenvalue weighted by molar-refractivity contribution is 6.45. The number of amides is 2. The zero-order valence-electron chi connectivity index (χ0n) is 20.5. The number of likely N-dealkylation sites (tertiary alicyclic amines) is 1. The number of nitrogens with zero attached hydrogens (tertiary/aromatic N) is 3. The van der Waals surface area contributed by atoms with Crippen LogP contribution in [0, 0.1) is 0 Å². The van der Waals surface area contributed by atoms with E-state index in [4.69, 9.17) is 33.7 Å². The first-order valence-corrected chi connectivity index (χ1v) is 12.8. The molecule has 10 heteroatoms. The van der Waals surface area contributed by atoms with Crippen LogP contribution in [0.4, 0.5) is 10.6 Å². The predicted molar refractivity (Wildman–Crippen MR) is 141 cm³/mol. The van der Waals surface area contributed by atoms with E-state index in [0.29, 0.717) is 48.3 Å². The highest BCUT2D eigenvalue weighted by Crippen LogP contribution is 2.42. The van der Waals surface area contributed by atoms with Gasteiger partial charge in [0, 0.05) is 54.5 Å². The molecule has 36 heavy (non-hydrogen) atoms. The third-order valence-corrected chi connectivity index (χ3v) is 7.50. The van der Waals surface area contributed by atoms with Crippen LogP contribution in [0.5, 0.6) is 0 Å². The fraction of sp³-hybridized carbons (Fsp3) is 0.423. The molecular formula is C26H29Cl2N5O3. The van der Waals surface area contributed by atoms with Gasteiger partial charge in [-0.1, -0.05) is 23.2 Å². The molecule has 8 nitrogen and oxygen atoms in total. The van der Waals surface area contributed by atoms with Crippen molar-refractivity contribution in [2.24, 2.45) is 0 Å². The lowest BCUT2D eigenvalue weighted by atomic mass is 9.96. The van der Waals surface area contributed by atoms with E-state index >= 15 is 0 Å². The second-order valence-electron chi connectivity index (χ2n) is 10.4.